The van der Waals surface area contributed by atoms with E-state index in [4.69, 9.17) is 15.2 Å². The van der Waals surface area contributed by atoms with Crippen molar-refractivity contribution in [2.45, 2.75) is 6.42 Å². The second-order valence-corrected chi connectivity index (χ2v) is 7.16. The predicted molar refractivity (Wildman–Crippen MR) is 110 cm³/mol. The van der Waals surface area contributed by atoms with Crippen LogP contribution in [0.3, 0.4) is 0 Å². The summed E-state index contributed by atoms with van der Waals surface area (Å²) in [5.74, 6) is -0.243. The quantitative estimate of drug-likeness (QED) is 0.557. The van der Waals surface area contributed by atoms with Gasteiger partial charge in [0.25, 0.3) is 11.8 Å². The molecule has 10 heteroatoms. The van der Waals surface area contributed by atoms with Crippen molar-refractivity contribution in [1.29, 1.82) is 0 Å². The van der Waals surface area contributed by atoms with Gasteiger partial charge in [-0.2, -0.15) is 0 Å². The van der Waals surface area contributed by atoms with Crippen LogP contribution in [0.5, 0.6) is 11.5 Å². The molecule has 4 rings (SSSR count). The van der Waals surface area contributed by atoms with Crippen molar-refractivity contribution in [3.05, 3.63) is 64.7 Å². The third kappa shape index (κ3) is 4.23. The summed E-state index contributed by atoms with van der Waals surface area (Å²) < 4.78 is 10.5. The molecular formula is C20H16N4O5S. The Hall–Kier alpha value is -3.92. The van der Waals surface area contributed by atoms with Crippen LogP contribution in [0.4, 0.5) is 10.8 Å². The minimum absolute atomic E-state index is 0.0243. The molecule has 4 N–H and O–H groups in total. The number of carbonyl (C=O) groups is 3. The molecule has 1 aromatic heterocycles. The van der Waals surface area contributed by atoms with E-state index in [9.17, 15) is 14.4 Å². The number of hydrogen-bond donors (Lipinski definition) is 3. The van der Waals surface area contributed by atoms with Crippen molar-refractivity contribution in [1.82, 2.24) is 4.98 Å². The topological polar surface area (TPSA) is 133 Å². The van der Waals surface area contributed by atoms with Gasteiger partial charge in [0.1, 0.15) is 0 Å². The highest BCUT2D eigenvalue weighted by Crippen LogP contribution is 2.32. The molecule has 0 bridgehead atoms. The molecule has 3 amide bonds. The third-order valence-electron chi connectivity index (χ3n) is 4.22. The minimum Gasteiger partial charge on any atom is -0.454 e. The van der Waals surface area contributed by atoms with E-state index in [-0.39, 0.29) is 30.6 Å². The Balaban J connectivity index is 1.38. The summed E-state index contributed by atoms with van der Waals surface area (Å²) in [5, 5.41) is 7.38. The number of fused-ring (bicyclic) bond motifs is 1. The van der Waals surface area contributed by atoms with E-state index in [0.717, 1.165) is 0 Å². The van der Waals surface area contributed by atoms with Crippen molar-refractivity contribution in [3.8, 4) is 11.5 Å². The molecule has 0 spiro atoms. The number of amides is 3. The Kier molecular flexibility index (Phi) is 5.31. The van der Waals surface area contributed by atoms with Crippen molar-refractivity contribution in [3.63, 3.8) is 0 Å². The van der Waals surface area contributed by atoms with Crippen LogP contribution in [-0.2, 0) is 11.2 Å². The molecule has 1 aliphatic rings. The van der Waals surface area contributed by atoms with Gasteiger partial charge >= 0.3 is 0 Å². The lowest BCUT2D eigenvalue weighted by molar-refractivity contribution is -0.115. The highest BCUT2D eigenvalue weighted by Gasteiger charge is 2.17. The van der Waals surface area contributed by atoms with E-state index in [1.807, 2.05) is 0 Å². The molecule has 0 fully saturated rings. The fourth-order valence-corrected chi connectivity index (χ4v) is 3.52. The normalized spacial score (nSPS) is 11.7. The summed E-state index contributed by atoms with van der Waals surface area (Å²) in [7, 11) is 0. The van der Waals surface area contributed by atoms with Crippen molar-refractivity contribution < 1.29 is 23.9 Å². The van der Waals surface area contributed by atoms with Gasteiger partial charge in [0.15, 0.2) is 16.6 Å². The average molecular weight is 424 g/mol. The number of benzene rings is 2. The second kappa shape index (κ2) is 8.21. The van der Waals surface area contributed by atoms with Crippen LogP contribution in [0.25, 0.3) is 0 Å². The van der Waals surface area contributed by atoms with Crippen LogP contribution in [-0.4, -0.2) is 29.5 Å². The lowest BCUT2D eigenvalue weighted by Gasteiger charge is -2.07. The number of aromatic nitrogens is 1. The van der Waals surface area contributed by atoms with Gasteiger partial charge in [0.2, 0.25) is 12.7 Å². The molecule has 0 atom stereocenters. The molecule has 30 heavy (non-hydrogen) atoms. The van der Waals surface area contributed by atoms with Gasteiger partial charge in [-0.15, -0.1) is 11.3 Å². The molecule has 0 radical (unpaired) electrons. The number of rotatable bonds is 6. The monoisotopic (exact) mass is 424 g/mol. The van der Waals surface area contributed by atoms with E-state index in [1.165, 1.54) is 17.4 Å². The summed E-state index contributed by atoms with van der Waals surface area (Å²) in [4.78, 5) is 40.4. The standard InChI is InChI=1S/C20H16N4O5S/c21-18(26)13-3-1-2-4-14(13)23-17(25)8-12-9-30-20(22-12)24-19(27)11-5-6-15-16(7-11)29-10-28-15/h1-7,9H,8,10H2,(H2,21,26)(H,23,25)(H,22,24,27). The minimum atomic E-state index is -0.631. The summed E-state index contributed by atoms with van der Waals surface area (Å²) >= 11 is 1.20. The van der Waals surface area contributed by atoms with Crippen molar-refractivity contribution in [2.24, 2.45) is 5.73 Å². The predicted octanol–water partition coefficient (Wildman–Crippen LogP) is 2.40. The highest BCUT2D eigenvalue weighted by molar-refractivity contribution is 7.14. The zero-order valence-corrected chi connectivity index (χ0v) is 16.3. The van der Waals surface area contributed by atoms with E-state index < -0.39 is 5.91 Å². The van der Waals surface area contributed by atoms with E-state index in [0.29, 0.717) is 33.6 Å². The zero-order chi connectivity index (χ0) is 21.1. The Bertz CT molecular complexity index is 1140. The van der Waals surface area contributed by atoms with Gasteiger partial charge in [-0.3, -0.25) is 19.7 Å². The second-order valence-electron chi connectivity index (χ2n) is 6.30. The smallest absolute Gasteiger partial charge is 0.257 e. The number of anilines is 2. The number of thiazole rings is 1. The van der Waals surface area contributed by atoms with Gasteiger partial charge in [0, 0.05) is 10.9 Å². The number of para-hydroxylation sites is 1. The van der Waals surface area contributed by atoms with Gasteiger partial charge in [-0.05, 0) is 30.3 Å². The molecule has 2 heterocycles. The Morgan fingerprint density at radius 2 is 1.87 bits per heavy atom. The summed E-state index contributed by atoms with van der Waals surface area (Å²) in [6, 6.07) is 11.4. The lowest BCUT2D eigenvalue weighted by atomic mass is 10.1. The maximum atomic E-state index is 12.4. The van der Waals surface area contributed by atoms with Crippen LogP contribution in [0, 0.1) is 0 Å². The summed E-state index contributed by atoms with van der Waals surface area (Å²) in [6.07, 6.45) is -0.0243. The summed E-state index contributed by atoms with van der Waals surface area (Å²) in [6.45, 7) is 0.127. The lowest BCUT2D eigenvalue weighted by Crippen LogP contribution is -2.19. The number of carbonyl (C=O) groups excluding carboxylic acids is 3. The maximum absolute atomic E-state index is 12.4. The van der Waals surface area contributed by atoms with Crippen LogP contribution in [0.1, 0.15) is 26.4 Å². The molecule has 0 saturated carbocycles. The number of nitrogens with zero attached hydrogens (tertiary/aromatic N) is 1. The first-order chi connectivity index (χ1) is 14.5. The molecule has 2 aromatic carbocycles. The molecule has 152 valence electrons. The van der Waals surface area contributed by atoms with Gasteiger partial charge in [0.05, 0.1) is 23.4 Å². The first-order valence-electron chi connectivity index (χ1n) is 8.83. The number of primary amides is 1. The number of nitrogens with one attached hydrogen (secondary N) is 2. The van der Waals surface area contributed by atoms with Crippen LogP contribution in [0.15, 0.2) is 47.8 Å². The third-order valence-corrected chi connectivity index (χ3v) is 5.02. The molecule has 3 aromatic rings. The molecule has 0 aliphatic carbocycles. The van der Waals surface area contributed by atoms with Gasteiger partial charge in [-0.25, -0.2) is 4.98 Å². The highest BCUT2D eigenvalue weighted by atomic mass is 32.1. The van der Waals surface area contributed by atoms with E-state index >= 15 is 0 Å². The zero-order valence-electron chi connectivity index (χ0n) is 15.5. The average Bonchev–Trinajstić information content (AvgIpc) is 3.36. The van der Waals surface area contributed by atoms with Gasteiger partial charge < -0.3 is 20.5 Å². The largest absolute Gasteiger partial charge is 0.454 e. The fourth-order valence-electron chi connectivity index (χ4n) is 2.82. The Morgan fingerprint density at radius 3 is 2.70 bits per heavy atom. The van der Waals surface area contributed by atoms with Crippen LogP contribution < -0.4 is 25.8 Å². The van der Waals surface area contributed by atoms with Crippen LogP contribution in [0.2, 0.25) is 0 Å². The van der Waals surface area contributed by atoms with Crippen molar-refractivity contribution >= 4 is 39.9 Å². The Labute approximate surface area is 174 Å². The summed E-state index contributed by atoms with van der Waals surface area (Å²) in [5.41, 5.74) is 6.75. The fraction of sp³-hybridized carbons (Fsp3) is 0.100. The van der Waals surface area contributed by atoms with E-state index in [2.05, 4.69) is 15.6 Å². The number of nitrogens with two attached hydrogens (primary N) is 1. The Morgan fingerprint density at radius 1 is 1.07 bits per heavy atom. The molecule has 1 aliphatic heterocycles. The molecular weight excluding hydrogens is 408 g/mol. The van der Waals surface area contributed by atoms with Crippen LogP contribution >= 0.6 is 11.3 Å². The molecule has 9 nitrogen and oxygen atoms in total. The molecule has 0 saturated heterocycles. The number of ether oxygens (including phenoxy) is 2. The molecule has 0 unspecified atom stereocenters. The van der Waals surface area contributed by atoms with Crippen molar-refractivity contribution in [2.75, 3.05) is 17.4 Å². The first kappa shape index (κ1) is 19.4. The SMILES string of the molecule is NC(=O)c1ccccc1NC(=O)Cc1csc(NC(=O)c2ccc3c(c2)OCO3)n1. The maximum Gasteiger partial charge on any atom is 0.257 e. The van der Waals surface area contributed by atoms with E-state index in [1.54, 1.807) is 41.8 Å². The number of hydrogen-bond acceptors (Lipinski definition) is 7. The first-order valence-corrected chi connectivity index (χ1v) is 9.71. The van der Waals surface area contributed by atoms with Gasteiger partial charge in [-0.1, -0.05) is 12.1 Å².